The van der Waals surface area contributed by atoms with E-state index >= 15 is 0 Å². The van der Waals surface area contributed by atoms with Gasteiger partial charge in [0.2, 0.25) is 0 Å². The summed E-state index contributed by atoms with van der Waals surface area (Å²) >= 11 is 0. The summed E-state index contributed by atoms with van der Waals surface area (Å²) in [7, 11) is 0. The molecule has 4 heteroatoms. The average Bonchev–Trinajstić information content (AvgIpc) is 2.99. The summed E-state index contributed by atoms with van der Waals surface area (Å²) in [6.45, 7) is 2.14. The molecule has 1 aromatic rings. The van der Waals surface area contributed by atoms with Gasteiger partial charge in [0.25, 0.3) is 0 Å². The van der Waals surface area contributed by atoms with E-state index in [1.807, 2.05) is 0 Å². The second-order valence-electron chi connectivity index (χ2n) is 4.29. The van der Waals surface area contributed by atoms with Gasteiger partial charge in [-0.2, -0.15) is 0 Å². The molecule has 0 amide bonds. The van der Waals surface area contributed by atoms with Gasteiger partial charge in [0, 0.05) is 12.6 Å². The fraction of sp³-hybridized carbons (Fsp3) is 0.545. The number of aliphatic hydroxyl groups is 1. The molecule has 1 saturated carbocycles. The molecule has 0 spiro atoms. The third-order valence-corrected chi connectivity index (χ3v) is 2.59. The summed E-state index contributed by atoms with van der Waals surface area (Å²) in [6.07, 6.45) is 3.47. The van der Waals surface area contributed by atoms with Crippen LogP contribution in [-0.4, -0.2) is 22.7 Å². The first-order valence-electron chi connectivity index (χ1n) is 5.16. The number of nitrogens with one attached hydrogen (secondary N) is 1. The highest BCUT2D eigenvalue weighted by atomic mass is 19.1. The van der Waals surface area contributed by atoms with Gasteiger partial charge in [-0.05, 0) is 31.9 Å². The van der Waals surface area contributed by atoms with Gasteiger partial charge in [0.05, 0.1) is 11.9 Å². The number of hydrogen-bond acceptors (Lipinski definition) is 3. The number of halogens is 1. The summed E-state index contributed by atoms with van der Waals surface area (Å²) < 4.78 is 12.6. The van der Waals surface area contributed by atoms with Crippen molar-refractivity contribution in [2.45, 2.75) is 31.4 Å². The molecule has 0 bridgehead atoms. The van der Waals surface area contributed by atoms with Crippen molar-refractivity contribution in [1.29, 1.82) is 0 Å². The molecule has 0 saturated heterocycles. The molecule has 1 atom stereocenters. The van der Waals surface area contributed by atoms with Crippen LogP contribution >= 0.6 is 0 Å². The van der Waals surface area contributed by atoms with Crippen LogP contribution in [0.4, 0.5) is 4.39 Å². The Labute approximate surface area is 88.3 Å². The van der Waals surface area contributed by atoms with E-state index in [4.69, 9.17) is 0 Å². The Balaban J connectivity index is 2.02. The van der Waals surface area contributed by atoms with E-state index in [0.29, 0.717) is 18.3 Å². The summed E-state index contributed by atoms with van der Waals surface area (Å²) in [5, 5.41) is 13.3. The van der Waals surface area contributed by atoms with Crippen molar-refractivity contribution in [3.05, 3.63) is 29.8 Å². The Hall–Kier alpha value is -1.00. The molecule has 0 radical (unpaired) electrons. The Morgan fingerprint density at radius 3 is 2.87 bits per heavy atom. The molecule has 1 heterocycles. The largest absolute Gasteiger partial charge is 0.383 e. The highest BCUT2D eigenvalue weighted by Gasteiger charge is 2.28. The zero-order chi connectivity index (χ0) is 10.9. The molecule has 1 aromatic heterocycles. The van der Waals surface area contributed by atoms with Crippen LogP contribution in [-0.2, 0) is 5.60 Å². The maximum atomic E-state index is 12.6. The number of aromatic nitrogens is 1. The topological polar surface area (TPSA) is 45.1 Å². The highest BCUT2D eigenvalue weighted by molar-refractivity contribution is 5.13. The fourth-order valence-electron chi connectivity index (χ4n) is 1.42. The normalized spacial score (nSPS) is 19.9. The molecule has 1 unspecified atom stereocenters. The molecule has 2 N–H and O–H groups in total. The molecule has 3 nitrogen and oxygen atoms in total. The molecule has 1 fully saturated rings. The van der Waals surface area contributed by atoms with Crippen LogP contribution in [0.25, 0.3) is 0 Å². The summed E-state index contributed by atoms with van der Waals surface area (Å²) in [5.41, 5.74) is -0.534. The molecule has 1 aliphatic carbocycles. The Kier molecular flexibility index (Phi) is 2.71. The molecule has 1 aliphatic rings. The number of nitrogens with zero attached hydrogens (tertiary/aromatic N) is 1. The molecule has 0 aromatic carbocycles. The first kappa shape index (κ1) is 10.5. The highest BCUT2D eigenvalue weighted by Crippen LogP contribution is 2.22. The van der Waals surface area contributed by atoms with Gasteiger partial charge in [-0.1, -0.05) is 0 Å². The lowest BCUT2D eigenvalue weighted by atomic mass is 10.0. The van der Waals surface area contributed by atoms with Crippen LogP contribution < -0.4 is 5.32 Å². The van der Waals surface area contributed by atoms with Gasteiger partial charge in [-0.15, -0.1) is 0 Å². The molecule has 2 rings (SSSR count). The van der Waals surface area contributed by atoms with Crippen LogP contribution in [0.3, 0.4) is 0 Å². The minimum Gasteiger partial charge on any atom is -0.383 e. The van der Waals surface area contributed by atoms with E-state index in [-0.39, 0.29) is 5.82 Å². The van der Waals surface area contributed by atoms with E-state index in [9.17, 15) is 9.50 Å². The van der Waals surface area contributed by atoms with Crippen molar-refractivity contribution >= 4 is 0 Å². The number of hydrogen-bond donors (Lipinski definition) is 2. The van der Waals surface area contributed by atoms with Crippen LogP contribution in [0.5, 0.6) is 0 Å². The Bertz CT molecular complexity index is 333. The number of rotatable bonds is 4. The molecular weight excluding hydrogens is 195 g/mol. The first-order valence-corrected chi connectivity index (χ1v) is 5.16. The molecule has 82 valence electrons. The zero-order valence-electron chi connectivity index (χ0n) is 8.70. The van der Waals surface area contributed by atoms with Gasteiger partial charge in [0.1, 0.15) is 11.4 Å². The number of pyridine rings is 1. The molecule has 15 heavy (non-hydrogen) atoms. The second kappa shape index (κ2) is 3.87. The quantitative estimate of drug-likeness (QED) is 0.784. The summed E-state index contributed by atoms with van der Waals surface area (Å²) in [5.74, 6) is -0.385. The van der Waals surface area contributed by atoms with E-state index in [0.717, 1.165) is 6.20 Å². The van der Waals surface area contributed by atoms with Crippen LogP contribution in [0.2, 0.25) is 0 Å². The smallest absolute Gasteiger partial charge is 0.141 e. The third-order valence-electron chi connectivity index (χ3n) is 2.59. The van der Waals surface area contributed by atoms with Gasteiger partial charge < -0.3 is 10.4 Å². The van der Waals surface area contributed by atoms with Crippen molar-refractivity contribution in [2.75, 3.05) is 6.54 Å². The molecule has 0 aliphatic heterocycles. The minimum absolute atomic E-state index is 0.385. The van der Waals surface area contributed by atoms with Gasteiger partial charge in [-0.3, -0.25) is 4.98 Å². The Morgan fingerprint density at radius 2 is 2.33 bits per heavy atom. The second-order valence-corrected chi connectivity index (χ2v) is 4.29. The van der Waals surface area contributed by atoms with Gasteiger partial charge in [-0.25, -0.2) is 4.39 Å². The van der Waals surface area contributed by atoms with Crippen molar-refractivity contribution in [3.8, 4) is 0 Å². The van der Waals surface area contributed by atoms with Crippen molar-refractivity contribution in [1.82, 2.24) is 10.3 Å². The Morgan fingerprint density at radius 1 is 1.60 bits per heavy atom. The van der Waals surface area contributed by atoms with E-state index < -0.39 is 5.60 Å². The first-order chi connectivity index (χ1) is 7.08. The average molecular weight is 210 g/mol. The predicted molar refractivity (Wildman–Crippen MR) is 54.8 cm³/mol. The van der Waals surface area contributed by atoms with Gasteiger partial charge in [0.15, 0.2) is 0 Å². The van der Waals surface area contributed by atoms with Crippen molar-refractivity contribution in [3.63, 3.8) is 0 Å². The maximum absolute atomic E-state index is 12.6. The monoisotopic (exact) mass is 210 g/mol. The SMILES string of the molecule is CC(O)(CNC1CC1)c1ccc(F)cn1. The lowest BCUT2D eigenvalue weighted by Gasteiger charge is -2.23. The van der Waals surface area contributed by atoms with E-state index in [1.54, 1.807) is 6.92 Å². The lowest BCUT2D eigenvalue weighted by Crippen LogP contribution is -2.37. The van der Waals surface area contributed by atoms with Crippen molar-refractivity contribution < 1.29 is 9.50 Å². The zero-order valence-corrected chi connectivity index (χ0v) is 8.70. The summed E-state index contributed by atoms with van der Waals surface area (Å²) in [4.78, 5) is 3.88. The van der Waals surface area contributed by atoms with Crippen molar-refractivity contribution in [2.24, 2.45) is 0 Å². The minimum atomic E-state index is -1.03. The van der Waals surface area contributed by atoms with Crippen LogP contribution in [0.1, 0.15) is 25.5 Å². The summed E-state index contributed by atoms with van der Waals surface area (Å²) in [6, 6.07) is 3.37. The maximum Gasteiger partial charge on any atom is 0.141 e. The third kappa shape index (κ3) is 2.73. The van der Waals surface area contributed by atoms with E-state index in [1.165, 1.54) is 25.0 Å². The predicted octanol–water partition coefficient (Wildman–Crippen LogP) is 1.18. The van der Waals surface area contributed by atoms with Crippen LogP contribution in [0, 0.1) is 5.82 Å². The standard InChI is InChI=1S/C11H15FN2O/c1-11(15,7-14-9-3-4-9)10-5-2-8(12)6-13-10/h2,5-6,9,14-15H,3-4,7H2,1H3. The lowest BCUT2D eigenvalue weighted by molar-refractivity contribution is 0.0520. The fourth-order valence-corrected chi connectivity index (χ4v) is 1.42. The van der Waals surface area contributed by atoms with Gasteiger partial charge >= 0.3 is 0 Å². The van der Waals surface area contributed by atoms with Crippen LogP contribution in [0.15, 0.2) is 18.3 Å². The van der Waals surface area contributed by atoms with E-state index in [2.05, 4.69) is 10.3 Å². The molecular formula is C11H15FN2O.